The Morgan fingerprint density at radius 2 is 2.00 bits per heavy atom. The normalized spacial score (nSPS) is 28.8. The van der Waals surface area contributed by atoms with Crippen molar-refractivity contribution in [1.82, 2.24) is 9.88 Å². The van der Waals surface area contributed by atoms with Crippen molar-refractivity contribution < 1.29 is 19.5 Å². The van der Waals surface area contributed by atoms with Crippen LogP contribution in [0.4, 0.5) is 0 Å². The Morgan fingerprint density at radius 1 is 1.21 bits per heavy atom. The molecule has 1 aromatic rings. The van der Waals surface area contributed by atoms with Gasteiger partial charge in [-0.15, -0.1) is 0 Å². The third-order valence-electron chi connectivity index (χ3n) is 6.06. The zero-order chi connectivity index (χ0) is 17.0. The van der Waals surface area contributed by atoms with Crippen molar-refractivity contribution in [2.75, 3.05) is 6.54 Å². The van der Waals surface area contributed by atoms with E-state index >= 15 is 0 Å². The zero-order valence-electron chi connectivity index (χ0n) is 13.8. The minimum atomic E-state index is -0.914. The highest BCUT2D eigenvalue weighted by atomic mass is 16.4. The van der Waals surface area contributed by atoms with Crippen molar-refractivity contribution in [1.29, 1.82) is 0 Å². The number of aryl methyl sites for hydroxylation is 1. The molecule has 1 saturated carbocycles. The molecule has 24 heavy (non-hydrogen) atoms. The fourth-order valence-corrected chi connectivity index (χ4v) is 4.96. The van der Waals surface area contributed by atoms with Crippen LogP contribution in [0.2, 0.25) is 0 Å². The molecule has 2 N–H and O–H groups in total. The monoisotopic (exact) mass is 330 g/mol. The summed E-state index contributed by atoms with van der Waals surface area (Å²) in [7, 11) is 0. The van der Waals surface area contributed by atoms with Crippen LogP contribution < -0.4 is 0 Å². The second kappa shape index (κ2) is 5.46. The molecular formula is C18H22N2O4. The SMILES string of the molecule is Cc1c(C(=O)N2CC3CCCC3C2C(=O)O)[nH]c2c1C(=O)CCC2. The van der Waals surface area contributed by atoms with Gasteiger partial charge in [0.15, 0.2) is 5.78 Å². The zero-order valence-corrected chi connectivity index (χ0v) is 13.8. The van der Waals surface area contributed by atoms with Gasteiger partial charge in [0, 0.05) is 24.2 Å². The molecule has 3 atom stereocenters. The number of aliphatic carboxylic acids is 1. The highest BCUT2D eigenvalue weighted by Gasteiger charge is 2.50. The molecule has 3 unspecified atom stereocenters. The summed E-state index contributed by atoms with van der Waals surface area (Å²) >= 11 is 0. The van der Waals surface area contributed by atoms with E-state index in [1.165, 1.54) is 4.90 Å². The third kappa shape index (κ3) is 2.12. The van der Waals surface area contributed by atoms with Crippen LogP contribution in [-0.2, 0) is 11.2 Å². The Morgan fingerprint density at radius 3 is 2.71 bits per heavy atom. The maximum Gasteiger partial charge on any atom is 0.326 e. The third-order valence-corrected chi connectivity index (χ3v) is 6.06. The van der Waals surface area contributed by atoms with E-state index < -0.39 is 12.0 Å². The molecule has 1 amide bonds. The molecule has 0 radical (unpaired) electrons. The van der Waals surface area contributed by atoms with E-state index in [2.05, 4.69) is 4.98 Å². The van der Waals surface area contributed by atoms with E-state index in [4.69, 9.17) is 0 Å². The maximum atomic E-state index is 13.1. The fraction of sp³-hybridized carbons (Fsp3) is 0.611. The first-order chi connectivity index (χ1) is 11.5. The van der Waals surface area contributed by atoms with Crippen molar-refractivity contribution in [3.63, 3.8) is 0 Å². The van der Waals surface area contributed by atoms with Crippen molar-refractivity contribution >= 4 is 17.7 Å². The molecule has 1 aliphatic heterocycles. The quantitative estimate of drug-likeness (QED) is 0.869. The lowest BCUT2D eigenvalue weighted by Gasteiger charge is -2.24. The lowest BCUT2D eigenvalue weighted by Crippen LogP contribution is -2.43. The predicted molar refractivity (Wildman–Crippen MR) is 86.1 cm³/mol. The summed E-state index contributed by atoms with van der Waals surface area (Å²) in [6, 6.07) is -0.736. The molecule has 1 aromatic heterocycles. The van der Waals surface area contributed by atoms with E-state index in [9.17, 15) is 19.5 Å². The van der Waals surface area contributed by atoms with Crippen LogP contribution in [0.3, 0.4) is 0 Å². The molecule has 2 fully saturated rings. The van der Waals surface area contributed by atoms with Crippen molar-refractivity contribution in [2.45, 2.75) is 51.5 Å². The van der Waals surface area contributed by atoms with Crippen LogP contribution >= 0.6 is 0 Å². The van der Waals surface area contributed by atoms with Gasteiger partial charge in [0.1, 0.15) is 11.7 Å². The van der Waals surface area contributed by atoms with Crippen LogP contribution in [0.25, 0.3) is 0 Å². The van der Waals surface area contributed by atoms with E-state index in [0.717, 1.165) is 37.8 Å². The summed E-state index contributed by atoms with van der Waals surface area (Å²) in [4.78, 5) is 41.6. The topological polar surface area (TPSA) is 90.5 Å². The van der Waals surface area contributed by atoms with Gasteiger partial charge in [-0.2, -0.15) is 0 Å². The minimum Gasteiger partial charge on any atom is -0.480 e. The molecule has 2 aliphatic carbocycles. The van der Waals surface area contributed by atoms with Crippen LogP contribution in [0.15, 0.2) is 0 Å². The number of hydrogen-bond acceptors (Lipinski definition) is 3. The fourth-order valence-electron chi connectivity index (χ4n) is 4.96. The smallest absolute Gasteiger partial charge is 0.326 e. The molecular weight excluding hydrogens is 308 g/mol. The van der Waals surface area contributed by atoms with Crippen LogP contribution in [0.1, 0.15) is 64.2 Å². The second-order valence-corrected chi connectivity index (χ2v) is 7.35. The minimum absolute atomic E-state index is 0.0676. The predicted octanol–water partition coefficient (Wildman–Crippen LogP) is 2.17. The van der Waals surface area contributed by atoms with Gasteiger partial charge >= 0.3 is 5.97 Å². The number of carbonyl (C=O) groups is 3. The number of aromatic amines is 1. The maximum absolute atomic E-state index is 13.1. The van der Waals surface area contributed by atoms with Gasteiger partial charge < -0.3 is 15.0 Å². The average molecular weight is 330 g/mol. The number of H-pyrrole nitrogens is 1. The van der Waals surface area contributed by atoms with E-state index in [1.807, 2.05) is 0 Å². The number of nitrogens with zero attached hydrogens (tertiary/aromatic N) is 1. The number of ketones is 1. The first-order valence-corrected chi connectivity index (χ1v) is 8.77. The van der Waals surface area contributed by atoms with Crippen LogP contribution in [-0.4, -0.2) is 45.2 Å². The van der Waals surface area contributed by atoms with Crippen molar-refractivity contribution in [3.8, 4) is 0 Å². The molecule has 128 valence electrons. The Labute approximate surface area is 140 Å². The average Bonchev–Trinajstić information content (AvgIpc) is 3.19. The van der Waals surface area contributed by atoms with Gasteiger partial charge in [-0.1, -0.05) is 6.42 Å². The Kier molecular flexibility index (Phi) is 3.51. The number of Topliss-reactive ketones (excluding diaryl/α,β-unsaturated/α-hetero) is 1. The summed E-state index contributed by atoms with van der Waals surface area (Å²) in [5.41, 5.74) is 2.57. The number of hydrogen-bond donors (Lipinski definition) is 2. The summed E-state index contributed by atoms with van der Waals surface area (Å²) < 4.78 is 0. The van der Waals surface area contributed by atoms with Gasteiger partial charge in [0.2, 0.25) is 0 Å². The number of amides is 1. The summed E-state index contributed by atoms with van der Waals surface area (Å²) in [5, 5.41) is 9.64. The molecule has 6 heteroatoms. The number of nitrogens with one attached hydrogen (secondary N) is 1. The lowest BCUT2D eigenvalue weighted by atomic mass is 9.93. The molecule has 0 aromatic carbocycles. The van der Waals surface area contributed by atoms with Gasteiger partial charge in [0.25, 0.3) is 5.91 Å². The molecule has 2 heterocycles. The van der Waals surface area contributed by atoms with Gasteiger partial charge in [-0.25, -0.2) is 4.79 Å². The van der Waals surface area contributed by atoms with Crippen LogP contribution in [0, 0.1) is 18.8 Å². The van der Waals surface area contributed by atoms with Gasteiger partial charge in [-0.05, 0) is 50.0 Å². The number of likely N-dealkylation sites (tertiary alicyclic amines) is 1. The van der Waals surface area contributed by atoms with E-state index in [-0.39, 0.29) is 17.6 Å². The lowest BCUT2D eigenvalue weighted by molar-refractivity contribution is -0.142. The van der Waals surface area contributed by atoms with Crippen molar-refractivity contribution in [3.05, 3.63) is 22.5 Å². The highest BCUT2D eigenvalue weighted by molar-refractivity contribution is 6.05. The Bertz CT molecular complexity index is 736. The molecule has 1 saturated heterocycles. The second-order valence-electron chi connectivity index (χ2n) is 7.35. The largest absolute Gasteiger partial charge is 0.480 e. The van der Waals surface area contributed by atoms with E-state index in [1.54, 1.807) is 6.92 Å². The highest BCUT2D eigenvalue weighted by Crippen LogP contribution is 2.43. The number of fused-ring (bicyclic) bond motifs is 2. The number of carboxylic acid groups (broad SMARTS) is 1. The van der Waals surface area contributed by atoms with Gasteiger partial charge in [0.05, 0.1) is 0 Å². The standard InChI is InChI=1S/C18H22N2O4/c1-9-14-12(6-3-7-13(14)21)19-15(9)17(22)20-8-10-4-2-5-11(10)16(20)18(23)24/h10-11,16,19H,2-8H2,1H3,(H,23,24). The summed E-state index contributed by atoms with van der Waals surface area (Å²) in [6.07, 6.45) is 5.01. The summed E-state index contributed by atoms with van der Waals surface area (Å²) in [5.74, 6) is -0.740. The molecule has 6 nitrogen and oxygen atoms in total. The molecule has 0 spiro atoms. The summed E-state index contributed by atoms with van der Waals surface area (Å²) in [6.45, 7) is 2.30. The first-order valence-electron chi connectivity index (χ1n) is 8.77. The van der Waals surface area contributed by atoms with Crippen molar-refractivity contribution in [2.24, 2.45) is 11.8 Å². The molecule has 3 aliphatic rings. The molecule has 0 bridgehead atoms. The number of rotatable bonds is 2. The number of carbonyl (C=O) groups excluding carboxylic acids is 2. The molecule has 4 rings (SSSR count). The Balaban J connectivity index is 1.69. The Hall–Kier alpha value is -2.11. The van der Waals surface area contributed by atoms with Crippen LogP contribution in [0.5, 0.6) is 0 Å². The number of aromatic nitrogens is 1. The van der Waals surface area contributed by atoms with Gasteiger partial charge in [-0.3, -0.25) is 9.59 Å². The first kappa shape index (κ1) is 15.4. The van der Waals surface area contributed by atoms with E-state index in [0.29, 0.717) is 35.7 Å². The number of carboxylic acids is 1.